The van der Waals surface area contributed by atoms with Crippen LogP contribution < -0.4 is 10.1 Å². The van der Waals surface area contributed by atoms with Crippen LogP contribution in [0.4, 0.5) is 0 Å². The lowest BCUT2D eigenvalue weighted by Gasteiger charge is -2.22. The summed E-state index contributed by atoms with van der Waals surface area (Å²) in [6.07, 6.45) is 3.95. The molecule has 5 nitrogen and oxygen atoms in total. The standard InChI is InChI=1S/C17H20N2O3S/c1-17(21,14-6-7-23-10-14)11-19-16(20)13-4-5-15(18-8-13)22-9-12-2-3-12/h4-8,10,12,21H,2-3,9,11H2,1H3,(H,19,20). The molecule has 1 atom stereocenters. The minimum Gasteiger partial charge on any atom is -0.477 e. The second kappa shape index (κ2) is 6.68. The summed E-state index contributed by atoms with van der Waals surface area (Å²) in [6, 6.07) is 5.24. The Morgan fingerprint density at radius 3 is 2.91 bits per heavy atom. The van der Waals surface area contributed by atoms with Gasteiger partial charge in [-0.05, 0) is 54.1 Å². The second-order valence-electron chi connectivity index (χ2n) is 6.11. The molecule has 23 heavy (non-hydrogen) atoms. The van der Waals surface area contributed by atoms with E-state index < -0.39 is 5.60 Å². The highest BCUT2D eigenvalue weighted by molar-refractivity contribution is 7.08. The number of carbonyl (C=O) groups is 1. The van der Waals surface area contributed by atoms with Gasteiger partial charge in [0.15, 0.2) is 0 Å². The molecule has 0 bridgehead atoms. The van der Waals surface area contributed by atoms with Crippen molar-refractivity contribution in [3.05, 3.63) is 46.3 Å². The molecule has 1 saturated carbocycles. The fourth-order valence-electron chi connectivity index (χ4n) is 2.12. The molecule has 0 saturated heterocycles. The molecular formula is C17H20N2O3S. The molecule has 1 amide bonds. The summed E-state index contributed by atoms with van der Waals surface area (Å²) in [5.41, 5.74) is 0.158. The molecule has 0 aliphatic heterocycles. The first-order valence-electron chi connectivity index (χ1n) is 7.67. The van der Waals surface area contributed by atoms with E-state index in [0.717, 1.165) is 5.56 Å². The first-order chi connectivity index (χ1) is 11.0. The number of rotatable bonds is 7. The van der Waals surface area contributed by atoms with Crippen LogP contribution in [0.5, 0.6) is 5.88 Å². The van der Waals surface area contributed by atoms with E-state index in [-0.39, 0.29) is 12.5 Å². The van der Waals surface area contributed by atoms with Gasteiger partial charge in [0.1, 0.15) is 5.60 Å². The number of nitrogens with one attached hydrogen (secondary N) is 1. The lowest BCUT2D eigenvalue weighted by atomic mass is 9.99. The van der Waals surface area contributed by atoms with Crippen molar-refractivity contribution in [3.63, 3.8) is 0 Å². The summed E-state index contributed by atoms with van der Waals surface area (Å²) in [5.74, 6) is 0.944. The smallest absolute Gasteiger partial charge is 0.252 e. The van der Waals surface area contributed by atoms with Gasteiger partial charge >= 0.3 is 0 Å². The van der Waals surface area contributed by atoms with Crippen molar-refractivity contribution < 1.29 is 14.6 Å². The van der Waals surface area contributed by atoms with E-state index in [1.54, 1.807) is 19.1 Å². The fraction of sp³-hybridized carbons (Fsp3) is 0.412. The summed E-state index contributed by atoms with van der Waals surface area (Å²) >= 11 is 1.51. The Kier molecular flexibility index (Phi) is 4.63. The molecule has 3 rings (SSSR count). The Morgan fingerprint density at radius 2 is 2.30 bits per heavy atom. The lowest BCUT2D eigenvalue weighted by molar-refractivity contribution is 0.0530. The first kappa shape index (κ1) is 16.0. The minimum atomic E-state index is -1.09. The lowest BCUT2D eigenvalue weighted by Crippen LogP contribution is -2.38. The van der Waals surface area contributed by atoms with Crippen LogP contribution >= 0.6 is 11.3 Å². The number of aliphatic hydroxyl groups is 1. The van der Waals surface area contributed by atoms with Gasteiger partial charge in [-0.3, -0.25) is 4.79 Å². The summed E-state index contributed by atoms with van der Waals surface area (Å²) in [7, 11) is 0. The Hall–Kier alpha value is -1.92. The van der Waals surface area contributed by atoms with Crippen molar-refractivity contribution in [2.24, 2.45) is 5.92 Å². The molecule has 0 radical (unpaired) electrons. The minimum absolute atomic E-state index is 0.141. The first-order valence-corrected chi connectivity index (χ1v) is 8.61. The van der Waals surface area contributed by atoms with Gasteiger partial charge < -0.3 is 15.2 Å². The van der Waals surface area contributed by atoms with Gasteiger partial charge in [-0.15, -0.1) is 0 Å². The van der Waals surface area contributed by atoms with Crippen molar-refractivity contribution in [3.8, 4) is 5.88 Å². The van der Waals surface area contributed by atoms with Crippen molar-refractivity contribution >= 4 is 17.2 Å². The van der Waals surface area contributed by atoms with Gasteiger partial charge in [0.05, 0.1) is 18.7 Å². The summed E-state index contributed by atoms with van der Waals surface area (Å²) < 4.78 is 5.55. The molecule has 1 aliphatic rings. The van der Waals surface area contributed by atoms with E-state index >= 15 is 0 Å². The van der Waals surface area contributed by atoms with Crippen molar-refractivity contribution in [1.29, 1.82) is 0 Å². The molecule has 6 heteroatoms. The second-order valence-corrected chi connectivity index (χ2v) is 6.89. The van der Waals surface area contributed by atoms with Crippen LogP contribution in [0.2, 0.25) is 0 Å². The van der Waals surface area contributed by atoms with Gasteiger partial charge in [-0.1, -0.05) is 0 Å². The fourth-order valence-corrected chi connectivity index (χ4v) is 2.90. The van der Waals surface area contributed by atoms with Crippen LogP contribution in [0.1, 0.15) is 35.7 Å². The highest BCUT2D eigenvalue weighted by Gasteiger charge is 2.24. The topological polar surface area (TPSA) is 71.5 Å². The van der Waals surface area contributed by atoms with E-state index in [2.05, 4.69) is 10.3 Å². The number of aromatic nitrogens is 1. The number of hydrogen-bond acceptors (Lipinski definition) is 5. The third-order valence-electron chi connectivity index (χ3n) is 3.90. The quantitative estimate of drug-likeness (QED) is 0.817. The number of thiophene rings is 1. The number of hydrogen-bond donors (Lipinski definition) is 2. The maximum atomic E-state index is 12.1. The average Bonchev–Trinajstić information content (AvgIpc) is 3.21. The Labute approximate surface area is 139 Å². The zero-order valence-corrected chi connectivity index (χ0v) is 13.8. The molecule has 2 heterocycles. The summed E-state index contributed by atoms with van der Waals surface area (Å²) in [6.45, 7) is 2.52. The molecule has 2 N–H and O–H groups in total. The van der Waals surface area contributed by atoms with Crippen LogP contribution in [0.25, 0.3) is 0 Å². The Bertz CT molecular complexity index is 649. The predicted octanol–water partition coefficient (Wildman–Crippen LogP) is 2.57. The summed E-state index contributed by atoms with van der Waals surface area (Å²) in [5, 5.41) is 16.9. The van der Waals surface area contributed by atoms with Gasteiger partial charge in [0.25, 0.3) is 5.91 Å². The number of carbonyl (C=O) groups excluding carboxylic acids is 1. The van der Waals surface area contributed by atoms with Crippen LogP contribution in [-0.2, 0) is 5.60 Å². The normalized spacial score (nSPS) is 16.6. The molecule has 122 valence electrons. The number of pyridine rings is 1. The van der Waals surface area contributed by atoms with Gasteiger partial charge in [0, 0.05) is 12.3 Å². The molecule has 1 unspecified atom stereocenters. The van der Waals surface area contributed by atoms with Crippen molar-refractivity contribution in [1.82, 2.24) is 10.3 Å². The van der Waals surface area contributed by atoms with Crippen LogP contribution in [0, 0.1) is 5.92 Å². The number of ether oxygens (including phenoxy) is 1. The molecule has 2 aromatic heterocycles. The highest BCUT2D eigenvalue weighted by Crippen LogP contribution is 2.29. The van der Waals surface area contributed by atoms with E-state index in [9.17, 15) is 9.90 Å². The molecule has 1 fully saturated rings. The van der Waals surface area contributed by atoms with Crippen LogP contribution in [0.15, 0.2) is 35.2 Å². The molecule has 2 aromatic rings. The molecule has 0 spiro atoms. The van der Waals surface area contributed by atoms with E-state index in [4.69, 9.17) is 4.74 Å². The average molecular weight is 332 g/mol. The maximum absolute atomic E-state index is 12.1. The predicted molar refractivity (Wildman–Crippen MR) is 88.7 cm³/mol. The third kappa shape index (κ3) is 4.30. The van der Waals surface area contributed by atoms with Crippen molar-refractivity contribution in [2.75, 3.05) is 13.2 Å². The molecular weight excluding hydrogens is 312 g/mol. The van der Waals surface area contributed by atoms with E-state index in [0.29, 0.717) is 24.0 Å². The van der Waals surface area contributed by atoms with E-state index in [1.807, 2.05) is 16.8 Å². The Balaban J connectivity index is 1.53. The Morgan fingerprint density at radius 1 is 1.48 bits per heavy atom. The molecule has 1 aliphatic carbocycles. The SMILES string of the molecule is CC(O)(CNC(=O)c1ccc(OCC2CC2)nc1)c1ccsc1. The summed E-state index contributed by atoms with van der Waals surface area (Å²) in [4.78, 5) is 16.3. The maximum Gasteiger partial charge on any atom is 0.252 e. The third-order valence-corrected chi connectivity index (χ3v) is 4.58. The monoisotopic (exact) mass is 332 g/mol. The zero-order valence-electron chi connectivity index (χ0n) is 13.0. The zero-order chi connectivity index (χ0) is 16.3. The number of nitrogens with zero attached hydrogens (tertiary/aromatic N) is 1. The van der Waals surface area contributed by atoms with Crippen LogP contribution in [0.3, 0.4) is 0 Å². The number of amides is 1. The van der Waals surface area contributed by atoms with E-state index in [1.165, 1.54) is 30.4 Å². The van der Waals surface area contributed by atoms with Gasteiger partial charge in [0.2, 0.25) is 5.88 Å². The largest absolute Gasteiger partial charge is 0.477 e. The van der Waals surface area contributed by atoms with Gasteiger partial charge in [-0.2, -0.15) is 11.3 Å². The van der Waals surface area contributed by atoms with Crippen molar-refractivity contribution in [2.45, 2.75) is 25.4 Å². The van der Waals surface area contributed by atoms with Crippen LogP contribution in [-0.4, -0.2) is 29.1 Å². The molecule has 0 aromatic carbocycles. The van der Waals surface area contributed by atoms with Gasteiger partial charge in [-0.25, -0.2) is 4.98 Å². The highest BCUT2D eigenvalue weighted by atomic mass is 32.1.